The lowest BCUT2D eigenvalue weighted by Crippen LogP contribution is -2.53. The van der Waals surface area contributed by atoms with Gasteiger partial charge in [-0.2, -0.15) is 13.2 Å². The number of H-pyrrole nitrogens is 1. The number of pyridine rings is 1. The van der Waals surface area contributed by atoms with Gasteiger partial charge >= 0.3 is 12.2 Å². The molecule has 31 heavy (non-hydrogen) atoms. The average molecular weight is 435 g/mol. The fraction of sp³-hybridized carbons (Fsp3) is 0.600. The second-order valence-electron chi connectivity index (χ2n) is 8.65. The molecule has 166 valence electrons. The van der Waals surface area contributed by atoms with E-state index in [9.17, 15) is 18.0 Å². The molecular formula is C20H24F3N7O. The highest BCUT2D eigenvalue weighted by atomic mass is 19.4. The van der Waals surface area contributed by atoms with Gasteiger partial charge in [0, 0.05) is 57.3 Å². The van der Waals surface area contributed by atoms with Gasteiger partial charge in [-0.3, -0.25) is 5.10 Å². The van der Waals surface area contributed by atoms with Gasteiger partial charge in [0.15, 0.2) is 0 Å². The number of hydrogen-bond donors (Lipinski definition) is 1. The fourth-order valence-electron chi connectivity index (χ4n) is 4.70. The van der Waals surface area contributed by atoms with E-state index in [-0.39, 0.29) is 30.8 Å². The van der Waals surface area contributed by atoms with E-state index in [1.54, 1.807) is 23.4 Å². The molecular weight excluding hydrogens is 411 g/mol. The molecule has 0 radical (unpaired) electrons. The topological polar surface area (TPSA) is 81.2 Å². The number of anilines is 1. The minimum atomic E-state index is -4.15. The van der Waals surface area contributed by atoms with Gasteiger partial charge < -0.3 is 14.7 Å². The summed E-state index contributed by atoms with van der Waals surface area (Å²) in [4.78, 5) is 22.5. The third-order valence-corrected chi connectivity index (χ3v) is 6.70. The van der Waals surface area contributed by atoms with Gasteiger partial charge in [0.1, 0.15) is 5.82 Å². The minimum absolute atomic E-state index is 0.0347. The van der Waals surface area contributed by atoms with Crippen LogP contribution < -0.4 is 4.90 Å². The van der Waals surface area contributed by atoms with E-state index in [1.807, 2.05) is 15.9 Å². The van der Waals surface area contributed by atoms with Crippen LogP contribution in [0.15, 0.2) is 24.5 Å². The molecule has 3 aliphatic rings. The second kappa shape index (κ2) is 7.69. The molecule has 2 aromatic heterocycles. The predicted molar refractivity (Wildman–Crippen MR) is 106 cm³/mol. The summed E-state index contributed by atoms with van der Waals surface area (Å²) in [7, 11) is 0. The number of carbonyl (C=O) groups excluding carboxylic acids is 1. The molecule has 5 heterocycles. The average Bonchev–Trinajstić information content (AvgIpc) is 3.47. The molecule has 0 saturated carbocycles. The number of aromatic amines is 1. The molecule has 3 aliphatic heterocycles. The van der Waals surface area contributed by atoms with E-state index in [4.69, 9.17) is 0 Å². The molecule has 1 unspecified atom stereocenters. The molecule has 3 saturated heterocycles. The Bertz CT molecular complexity index is 912. The van der Waals surface area contributed by atoms with Crippen molar-refractivity contribution in [3.8, 4) is 0 Å². The third-order valence-electron chi connectivity index (χ3n) is 6.70. The molecule has 1 N–H and O–H groups in total. The Morgan fingerprint density at radius 1 is 1.00 bits per heavy atom. The highest BCUT2D eigenvalue weighted by Gasteiger charge is 2.44. The maximum atomic E-state index is 12.9. The van der Waals surface area contributed by atoms with Crippen LogP contribution in [0.25, 0.3) is 0 Å². The molecule has 8 nitrogen and oxygen atoms in total. The van der Waals surface area contributed by atoms with Gasteiger partial charge in [0.25, 0.3) is 0 Å². The van der Waals surface area contributed by atoms with Gasteiger partial charge in [-0.05, 0) is 24.5 Å². The lowest BCUT2D eigenvalue weighted by atomic mass is 9.93. The summed E-state index contributed by atoms with van der Waals surface area (Å²) < 4.78 is 38.7. The Morgan fingerprint density at radius 3 is 2.45 bits per heavy atom. The zero-order chi connectivity index (χ0) is 21.6. The van der Waals surface area contributed by atoms with Crippen molar-refractivity contribution >= 4 is 11.8 Å². The molecule has 2 amide bonds. The van der Waals surface area contributed by atoms with Crippen molar-refractivity contribution in [2.45, 2.75) is 30.9 Å². The summed E-state index contributed by atoms with van der Waals surface area (Å²) in [5.74, 6) is -0.244. The maximum Gasteiger partial charge on any atom is 0.393 e. The quantitative estimate of drug-likeness (QED) is 0.802. The molecule has 0 aliphatic carbocycles. The maximum absolute atomic E-state index is 12.9. The van der Waals surface area contributed by atoms with E-state index in [1.165, 1.54) is 0 Å². The van der Waals surface area contributed by atoms with Gasteiger partial charge in [-0.25, -0.2) is 9.78 Å². The van der Waals surface area contributed by atoms with Gasteiger partial charge in [0.05, 0.1) is 17.8 Å². The highest BCUT2D eigenvalue weighted by molar-refractivity contribution is 5.76. The fourth-order valence-corrected chi connectivity index (χ4v) is 4.70. The predicted octanol–water partition coefficient (Wildman–Crippen LogP) is 2.60. The standard InChI is InChI=1S/C20H24F3N7O/c21-20(22,23)16-4-6-28(12-16)18-2-1-13(7-24-18)15-10-30(11-15)19(31)29-5-3-14(9-29)17-8-25-27-26-17/h1-2,7-8,14-16H,3-6,9-12H2,(H,25,26,27)/t14-,16?/m1/s1. The molecule has 2 aromatic rings. The highest BCUT2D eigenvalue weighted by Crippen LogP contribution is 2.36. The van der Waals surface area contributed by atoms with Crippen LogP contribution >= 0.6 is 0 Å². The first kappa shape index (κ1) is 20.1. The first-order chi connectivity index (χ1) is 14.9. The lowest BCUT2D eigenvalue weighted by molar-refractivity contribution is -0.168. The van der Waals surface area contributed by atoms with E-state index in [0.717, 1.165) is 17.7 Å². The second-order valence-corrected chi connectivity index (χ2v) is 8.65. The number of halogens is 3. The Labute approximate surface area is 177 Å². The summed E-state index contributed by atoms with van der Waals surface area (Å²) >= 11 is 0. The molecule has 5 rings (SSSR count). The molecule has 0 spiro atoms. The summed E-state index contributed by atoms with van der Waals surface area (Å²) in [6.45, 7) is 2.98. The van der Waals surface area contributed by atoms with Gasteiger partial charge in [-0.15, -0.1) is 5.10 Å². The monoisotopic (exact) mass is 435 g/mol. The van der Waals surface area contributed by atoms with E-state index in [2.05, 4.69) is 20.4 Å². The van der Waals surface area contributed by atoms with Crippen molar-refractivity contribution < 1.29 is 18.0 Å². The van der Waals surface area contributed by atoms with Crippen LogP contribution in [-0.2, 0) is 0 Å². The molecule has 0 aromatic carbocycles. The Hall–Kier alpha value is -2.85. The first-order valence-corrected chi connectivity index (χ1v) is 10.6. The van der Waals surface area contributed by atoms with Gasteiger partial charge in [0.2, 0.25) is 0 Å². The largest absolute Gasteiger partial charge is 0.393 e. The zero-order valence-corrected chi connectivity index (χ0v) is 16.9. The van der Waals surface area contributed by atoms with Gasteiger partial charge in [-0.1, -0.05) is 11.3 Å². The van der Waals surface area contributed by atoms with Crippen molar-refractivity contribution in [1.82, 2.24) is 30.2 Å². The van der Waals surface area contributed by atoms with Crippen molar-refractivity contribution in [3.63, 3.8) is 0 Å². The minimum Gasteiger partial charge on any atom is -0.356 e. The number of alkyl halides is 3. The Morgan fingerprint density at radius 2 is 1.81 bits per heavy atom. The van der Waals surface area contributed by atoms with Crippen molar-refractivity contribution in [2.24, 2.45) is 5.92 Å². The molecule has 0 bridgehead atoms. The molecule has 3 fully saturated rings. The van der Waals surface area contributed by atoms with Crippen molar-refractivity contribution in [2.75, 3.05) is 44.2 Å². The lowest BCUT2D eigenvalue weighted by Gasteiger charge is -2.41. The number of amides is 2. The van der Waals surface area contributed by atoms with Crippen LogP contribution in [0.1, 0.15) is 35.9 Å². The van der Waals surface area contributed by atoms with Crippen LogP contribution in [0, 0.1) is 5.92 Å². The molecule has 11 heteroatoms. The Kier molecular flexibility index (Phi) is 4.98. The zero-order valence-electron chi connectivity index (χ0n) is 16.9. The number of nitrogens with one attached hydrogen (secondary N) is 1. The summed E-state index contributed by atoms with van der Waals surface area (Å²) in [6, 6.07) is 3.76. The number of rotatable bonds is 3. The summed E-state index contributed by atoms with van der Waals surface area (Å²) in [5.41, 5.74) is 1.98. The number of nitrogens with zero attached hydrogens (tertiary/aromatic N) is 6. The van der Waals surface area contributed by atoms with Crippen LogP contribution in [-0.4, -0.2) is 81.7 Å². The molecule has 2 atom stereocenters. The van der Waals surface area contributed by atoms with Crippen molar-refractivity contribution in [1.29, 1.82) is 0 Å². The number of urea groups is 1. The van der Waals surface area contributed by atoms with Crippen LogP contribution in [0.5, 0.6) is 0 Å². The normalized spacial score (nSPS) is 24.7. The SMILES string of the molecule is O=C(N1CC(c2ccc(N3CCC(C(F)(F)F)C3)nc2)C1)N1CC[C@@H](c2cnn[nH]2)C1. The summed E-state index contributed by atoms with van der Waals surface area (Å²) in [6.07, 6.45) is 0.298. The first-order valence-electron chi connectivity index (χ1n) is 10.6. The number of aromatic nitrogens is 4. The smallest absolute Gasteiger partial charge is 0.356 e. The van der Waals surface area contributed by atoms with Crippen molar-refractivity contribution in [3.05, 3.63) is 35.8 Å². The third kappa shape index (κ3) is 3.92. The number of likely N-dealkylation sites (tertiary alicyclic amines) is 2. The summed E-state index contributed by atoms with van der Waals surface area (Å²) in [5, 5.41) is 10.4. The van der Waals surface area contributed by atoms with Crippen LogP contribution in [0.4, 0.5) is 23.8 Å². The van der Waals surface area contributed by atoms with E-state index in [0.29, 0.717) is 38.5 Å². The van der Waals surface area contributed by atoms with E-state index < -0.39 is 12.1 Å². The number of carbonyl (C=O) groups is 1. The number of hydrogen-bond acceptors (Lipinski definition) is 5. The van der Waals surface area contributed by atoms with Crippen LogP contribution in [0.2, 0.25) is 0 Å². The van der Waals surface area contributed by atoms with E-state index >= 15 is 0 Å². The Balaban J connectivity index is 1.12. The van der Waals surface area contributed by atoms with Crippen LogP contribution in [0.3, 0.4) is 0 Å².